The standard InChI is InChI=1S/C18H18N6OS/c1-11-9-15(25)24-17(19-11)26-18(22-24)23-8-4-5-12(10-23)16-20-13-6-2-3-7-14(13)21-16/h2-3,6-7,9,12H,4-5,8,10H2,1H3,(H,20,21)/t12-/m1/s1. The van der Waals surface area contributed by atoms with Gasteiger partial charge in [0.2, 0.25) is 10.1 Å². The molecule has 0 spiro atoms. The molecule has 4 heterocycles. The van der Waals surface area contributed by atoms with Crippen LogP contribution in [0.15, 0.2) is 35.1 Å². The third-order valence-electron chi connectivity index (χ3n) is 4.85. The van der Waals surface area contributed by atoms with Crippen molar-refractivity contribution in [3.8, 4) is 0 Å². The number of piperidine rings is 1. The second-order valence-electron chi connectivity index (χ2n) is 6.74. The molecule has 0 saturated carbocycles. The van der Waals surface area contributed by atoms with Crippen LogP contribution in [-0.4, -0.2) is 37.7 Å². The van der Waals surface area contributed by atoms with E-state index in [1.807, 2.05) is 25.1 Å². The highest BCUT2D eigenvalue weighted by Gasteiger charge is 2.26. The van der Waals surface area contributed by atoms with Gasteiger partial charge in [-0.15, -0.1) is 5.10 Å². The molecule has 1 aliphatic rings. The van der Waals surface area contributed by atoms with Gasteiger partial charge >= 0.3 is 0 Å². The Bertz CT molecular complexity index is 1130. The number of para-hydroxylation sites is 2. The minimum Gasteiger partial charge on any atom is -0.346 e. The van der Waals surface area contributed by atoms with E-state index in [1.54, 1.807) is 0 Å². The first-order valence-corrected chi connectivity index (χ1v) is 9.56. The van der Waals surface area contributed by atoms with Crippen LogP contribution in [0.5, 0.6) is 0 Å². The predicted molar refractivity (Wildman–Crippen MR) is 102 cm³/mol. The van der Waals surface area contributed by atoms with Crippen molar-refractivity contribution in [3.63, 3.8) is 0 Å². The van der Waals surface area contributed by atoms with Gasteiger partial charge in [0.05, 0.1) is 11.0 Å². The molecule has 132 valence electrons. The Morgan fingerprint density at radius 2 is 2.15 bits per heavy atom. The number of imidazole rings is 1. The maximum absolute atomic E-state index is 12.1. The lowest BCUT2D eigenvalue weighted by atomic mass is 9.98. The average Bonchev–Trinajstić information content (AvgIpc) is 3.26. The van der Waals surface area contributed by atoms with E-state index in [9.17, 15) is 4.79 Å². The molecule has 3 aromatic heterocycles. The van der Waals surface area contributed by atoms with Gasteiger partial charge in [0, 0.05) is 30.8 Å². The zero-order chi connectivity index (χ0) is 17.7. The minimum absolute atomic E-state index is 0.124. The van der Waals surface area contributed by atoms with E-state index in [2.05, 4.69) is 26.0 Å². The van der Waals surface area contributed by atoms with Gasteiger partial charge in [-0.2, -0.15) is 4.52 Å². The number of fused-ring (bicyclic) bond motifs is 2. The van der Waals surface area contributed by atoms with Crippen molar-refractivity contribution in [1.29, 1.82) is 0 Å². The van der Waals surface area contributed by atoms with Crippen molar-refractivity contribution >= 4 is 32.5 Å². The van der Waals surface area contributed by atoms with Gasteiger partial charge in [-0.3, -0.25) is 4.79 Å². The molecule has 0 radical (unpaired) electrons. The highest BCUT2D eigenvalue weighted by molar-refractivity contribution is 7.20. The molecule has 1 saturated heterocycles. The van der Waals surface area contributed by atoms with Crippen LogP contribution in [0.1, 0.15) is 30.3 Å². The number of nitrogens with one attached hydrogen (secondary N) is 1. The highest BCUT2D eigenvalue weighted by atomic mass is 32.1. The second-order valence-corrected chi connectivity index (χ2v) is 7.67. The summed E-state index contributed by atoms with van der Waals surface area (Å²) in [6.07, 6.45) is 2.16. The second kappa shape index (κ2) is 5.91. The molecule has 26 heavy (non-hydrogen) atoms. The number of benzene rings is 1. The molecule has 0 amide bonds. The van der Waals surface area contributed by atoms with E-state index in [0.717, 1.165) is 53.6 Å². The first-order valence-electron chi connectivity index (χ1n) is 8.74. The fraction of sp³-hybridized carbons (Fsp3) is 0.333. The Morgan fingerprint density at radius 3 is 3.04 bits per heavy atom. The van der Waals surface area contributed by atoms with E-state index in [-0.39, 0.29) is 5.56 Å². The topological polar surface area (TPSA) is 79.2 Å². The summed E-state index contributed by atoms with van der Waals surface area (Å²) in [6.45, 7) is 3.61. The molecular formula is C18H18N6OS. The Kier molecular flexibility index (Phi) is 3.53. The van der Waals surface area contributed by atoms with E-state index >= 15 is 0 Å². The van der Waals surface area contributed by atoms with E-state index < -0.39 is 0 Å². The first kappa shape index (κ1) is 15.5. The fourth-order valence-electron chi connectivity index (χ4n) is 3.58. The predicted octanol–water partition coefficient (Wildman–Crippen LogP) is 2.72. The Labute approximate surface area is 153 Å². The molecule has 1 aliphatic heterocycles. The minimum atomic E-state index is -0.124. The summed E-state index contributed by atoms with van der Waals surface area (Å²) in [5, 5.41) is 5.35. The van der Waals surface area contributed by atoms with Crippen LogP contribution in [-0.2, 0) is 0 Å². The van der Waals surface area contributed by atoms with Crippen molar-refractivity contribution < 1.29 is 0 Å². The third kappa shape index (κ3) is 2.57. The van der Waals surface area contributed by atoms with Crippen molar-refractivity contribution in [1.82, 2.24) is 24.6 Å². The number of aromatic nitrogens is 5. The first-order chi connectivity index (χ1) is 12.7. The van der Waals surface area contributed by atoms with Gasteiger partial charge in [-0.1, -0.05) is 23.5 Å². The molecule has 1 fully saturated rings. The van der Waals surface area contributed by atoms with Crippen molar-refractivity contribution in [2.75, 3.05) is 18.0 Å². The van der Waals surface area contributed by atoms with Gasteiger partial charge in [0.15, 0.2) is 0 Å². The summed E-state index contributed by atoms with van der Waals surface area (Å²) in [6, 6.07) is 9.63. The molecule has 0 unspecified atom stereocenters. The SMILES string of the molecule is Cc1cc(=O)n2nc(N3CCC[C@@H](c4nc5ccccc5[nH]4)C3)sc2n1. The van der Waals surface area contributed by atoms with Crippen molar-refractivity contribution in [2.24, 2.45) is 0 Å². The number of aryl methyl sites for hydroxylation is 1. The summed E-state index contributed by atoms with van der Waals surface area (Å²) >= 11 is 1.47. The van der Waals surface area contributed by atoms with Crippen LogP contribution in [0.3, 0.4) is 0 Å². The lowest BCUT2D eigenvalue weighted by Gasteiger charge is -2.31. The molecule has 4 aromatic rings. The Hall–Kier alpha value is -2.74. The maximum atomic E-state index is 12.1. The van der Waals surface area contributed by atoms with Crippen LogP contribution in [0.2, 0.25) is 0 Å². The van der Waals surface area contributed by atoms with Crippen LogP contribution < -0.4 is 10.5 Å². The summed E-state index contributed by atoms with van der Waals surface area (Å²) in [4.78, 5) is 27.7. The number of hydrogen-bond donors (Lipinski definition) is 1. The van der Waals surface area contributed by atoms with Crippen LogP contribution in [0.4, 0.5) is 5.13 Å². The fourth-order valence-corrected chi connectivity index (χ4v) is 4.57. The molecule has 0 bridgehead atoms. The van der Waals surface area contributed by atoms with Crippen LogP contribution in [0.25, 0.3) is 16.0 Å². The quantitative estimate of drug-likeness (QED) is 0.590. The molecule has 0 aliphatic carbocycles. The number of aromatic amines is 1. The van der Waals surface area contributed by atoms with Gasteiger partial charge in [0.1, 0.15) is 5.82 Å². The molecule has 1 N–H and O–H groups in total. The van der Waals surface area contributed by atoms with Gasteiger partial charge in [-0.05, 0) is 31.9 Å². The average molecular weight is 366 g/mol. The van der Waals surface area contributed by atoms with Gasteiger partial charge in [0.25, 0.3) is 5.56 Å². The molecular weight excluding hydrogens is 348 g/mol. The number of anilines is 1. The number of hydrogen-bond acceptors (Lipinski definition) is 6. The Balaban J connectivity index is 1.47. The smallest absolute Gasteiger partial charge is 0.275 e. The summed E-state index contributed by atoms with van der Waals surface area (Å²) in [7, 11) is 0. The van der Waals surface area contributed by atoms with Crippen LogP contribution >= 0.6 is 11.3 Å². The Morgan fingerprint density at radius 1 is 1.27 bits per heavy atom. The van der Waals surface area contributed by atoms with Crippen LogP contribution in [0, 0.1) is 6.92 Å². The van der Waals surface area contributed by atoms with E-state index in [4.69, 9.17) is 4.98 Å². The summed E-state index contributed by atoms with van der Waals surface area (Å²) < 4.78 is 1.40. The molecule has 7 nitrogen and oxygen atoms in total. The van der Waals surface area contributed by atoms with Crippen molar-refractivity contribution in [3.05, 3.63) is 52.2 Å². The van der Waals surface area contributed by atoms with E-state index in [0.29, 0.717) is 10.9 Å². The zero-order valence-corrected chi connectivity index (χ0v) is 15.2. The molecule has 8 heteroatoms. The largest absolute Gasteiger partial charge is 0.346 e. The lowest BCUT2D eigenvalue weighted by Crippen LogP contribution is -2.34. The molecule has 5 rings (SSSR count). The maximum Gasteiger partial charge on any atom is 0.275 e. The lowest BCUT2D eigenvalue weighted by molar-refractivity contribution is 0.493. The monoisotopic (exact) mass is 366 g/mol. The number of H-pyrrole nitrogens is 1. The molecule has 1 aromatic carbocycles. The normalized spacial score (nSPS) is 18.0. The highest BCUT2D eigenvalue weighted by Crippen LogP contribution is 2.31. The molecule has 1 atom stereocenters. The van der Waals surface area contributed by atoms with Gasteiger partial charge in [-0.25, -0.2) is 9.97 Å². The summed E-state index contributed by atoms with van der Waals surface area (Å²) in [5.74, 6) is 1.36. The zero-order valence-electron chi connectivity index (χ0n) is 14.3. The third-order valence-corrected chi connectivity index (χ3v) is 5.82. The van der Waals surface area contributed by atoms with E-state index in [1.165, 1.54) is 21.9 Å². The number of rotatable bonds is 2. The summed E-state index contributed by atoms with van der Waals surface area (Å²) in [5.41, 5.74) is 2.68. The number of nitrogens with zero attached hydrogens (tertiary/aromatic N) is 5. The van der Waals surface area contributed by atoms with Crippen molar-refractivity contribution in [2.45, 2.75) is 25.7 Å². The van der Waals surface area contributed by atoms with Gasteiger partial charge < -0.3 is 9.88 Å².